The minimum Gasteiger partial charge on any atom is -0.399 e. The summed E-state index contributed by atoms with van der Waals surface area (Å²) in [7, 11) is 0. The third kappa shape index (κ3) is 2.54. The summed E-state index contributed by atoms with van der Waals surface area (Å²) >= 11 is 10.5. The Kier molecular flexibility index (Phi) is 3.56. The number of carbonyl (C=O) groups excluding carboxylic acids is 1. The first kappa shape index (κ1) is 12.6. The number of nitrogen functional groups attached to an aromatic ring is 1. The van der Waals surface area contributed by atoms with Crippen molar-refractivity contribution in [3.63, 3.8) is 0 Å². The lowest BCUT2D eigenvalue weighted by Gasteiger charge is -2.03. The first-order valence-electron chi connectivity index (χ1n) is 4.84. The molecule has 0 atom stereocenters. The maximum Gasteiger partial charge on any atom is 0.203 e. The zero-order chi connectivity index (χ0) is 12.6. The lowest BCUT2D eigenvalue weighted by atomic mass is 10.0. The molecule has 5 heteroatoms. The fourth-order valence-corrected chi connectivity index (χ4v) is 3.19. The van der Waals surface area contributed by atoms with E-state index in [9.17, 15) is 4.79 Å². The first-order valence-corrected chi connectivity index (χ1v) is 6.83. The molecule has 88 valence electrons. The van der Waals surface area contributed by atoms with E-state index in [0.717, 1.165) is 10.0 Å². The molecular formula is C12H9BrClNOS. The van der Waals surface area contributed by atoms with E-state index in [-0.39, 0.29) is 5.78 Å². The molecule has 2 rings (SSSR count). The Bertz CT molecular complexity index is 575. The molecule has 1 heterocycles. The Morgan fingerprint density at radius 3 is 2.65 bits per heavy atom. The SMILES string of the molecule is Cc1cc(N)ccc1C(=O)c1cc(Br)c(Cl)s1. The van der Waals surface area contributed by atoms with Gasteiger partial charge in [0.2, 0.25) is 5.78 Å². The second-order valence-corrected chi connectivity index (χ2v) is 6.14. The zero-order valence-corrected chi connectivity index (χ0v) is 12.1. The van der Waals surface area contributed by atoms with Crippen molar-refractivity contribution in [1.82, 2.24) is 0 Å². The van der Waals surface area contributed by atoms with E-state index in [2.05, 4.69) is 15.9 Å². The fraction of sp³-hybridized carbons (Fsp3) is 0.0833. The maximum atomic E-state index is 12.2. The summed E-state index contributed by atoms with van der Waals surface area (Å²) in [4.78, 5) is 12.9. The van der Waals surface area contributed by atoms with Crippen LogP contribution in [0.15, 0.2) is 28.7 Å². The van der Waals surface area contributed by atoms with Gasteiger partial charge in [-0.25, -0.2) is 0 Å². The Balaban J connectivity index is 2.43. The van der Waals surface area contributed by atoms with Crippen molar-refractivity contribution in [3.8, 4) is 0 Å². The quantitative estimate of drug-likeness (QED) is 0.659. The van der Waals surface area contributed by atoms with Crippen LogP contribution in [0.1, 0.15) is 20.8 Å². The molecule has 2 N–H and O–H groups in total. The Morgan fingerprint density at radius 2 is 2.12 bits per heavy atom. The van der Waals surface area contributed by atoms with Crippen LogP contribution in [-0.4, -0.2) is 5.78 Å². The predicted octanol–water partition coefficient (Wildman–Crippen LogP) is 4.29. The van der Waals surface area contributed by atoms with Crippen molar-refractivity contribution in [2.24, 2.45) is 0 Å². The molecular weight excluding hydrogens is 322 g/mol. The summed E-state index contributed by atoms with van der Waals surface area (Å²) in [5, 5.41) is 0. The van der Waals surface area contributed by atoms with Crippen molar-refractivity contribution in [3.05, 3.63) is 49.1 Å². The topological polar surface area (TPSA) is 43.1 Å². The molecule has 0 saturated carbocycles. The van der Waals surface area contributed by atoms with E-state index in [1.54, 1.807) is 24.3 Å². The third-order valence-electron chi connectivity index (χ3n) is 2.36. The number of benzene rings is 1. The molecule has 1 aromatic heterocycles. The van der Waals surface area contributed by atoms with E-state index in [1.807, 2.05) is 6.92 Å². The summed E-state index contributed by atoms with van der Waals surface area (Å²) in [6.45, 7) is 1.87. The van der Waals surface area contributed by atoms with E-state index in [1.165, 1.54) is 11.3 Å². The number of rotatable bonds is 2. The molecule has 0 aliphatic carbocycles. The van der Waals surface area contributed by atoms with Crippen molar-refractivity contribution in [2.45, 2.75) is 6.92 Å². The van der Waals surface area contributed by atoms with Gasteiger partial charge >= 0.3 is 0 Å². The van der Waals surface area contributed by atoms with E-state index in [4.69, 9.17) is 17.3 Å². The number of thiophene rings is 1. The minimum atomic E-state index is -0.0277. The van der Waals surface area contributed by atoms with Crippen LogP contribution in [0.2, 0.25) is 4.34 Å². The number of hydrogen-bond acceptors (Lipinski definition) is 3. The Morgan fingerprint density at radius 1 is 1.41 bits per heavy atom. The van der Waals surface area contributed by atoms with Crippen LogP contribution < -0.4 is 5.73 Å². The summed E-state index contributed by atoms with van der Waals surface area (Å²) in [6.07, 6.45) is 0. The molecule has 0 aliphatic heterocycles. The average Bonchev–Trinajstić information content (AvgIpc) is 2.58. The van der Waals surface area contributed by atoms with Gasteiger partial charge in [0.1, 0.15) is 4.34 Å². The lowest BCUT2D eigenvalue weighted by molar-refractivity contribution is 0.104. The van der Waals surface area contributed by atoms with Gasteiger partial charge in [0.15, 0.2) is 0 Å². The van der Waals surface area contributed by atoms with Gasteiger partial charge in [-0.3, -0.25) is 4.79 Å². The molecule has 2 aromatic rings. The van der Waals surface area contributed by atoms with Gasteiger partial charge < -0.3 is 5.73 Å². The van der Waals surface area contributed by atoms with Gasteiger partial charge in [-0.05, 0) is 52.7 Å². The zero-order valence-electron chi connectivity index (χ0n) is 8.96. The van der Waals surface area contributed by atoms with Crippen LogP contribution in [0, 0.1) is 6.92 Å². The van der Waals surface area contributed by atoms with Gasteiger partial charge in [0.05, 0.1) is 4.88 Å². The highest BCUT2D eigenvalue weighted by Gasteiger charge is 2.16. The van der Waals surface area contributed by atoms with Crippen LogP contribution in [0.3, 0.4) is 0 Å². The molecule has 0 fully saturated rings. The number of ketones is 1. The van der Waals surface area contributed by atoms with Crippen molar-refractivity contribution >= 4 is 50.3 Å². The number of carbonyl (C=O) groups is 1. The number of nitrogens with two attached hydrogens (primary N) is 1. The minimum absolute atomic E-state index is 0.0277. The monoisotopic (exact) mass is 329 g/mol. The smallest absolute Gasteiger partial charge is 0.203 e. The number of anilines is 1. The van der Waals surface area contributed by atoms with Gasteiger partial charge in [0.25, 0.3) is 0 Å². The molecule has 0 saturated heterocycles. The van der Waals surface area contributed by atoms with Gasteiger partial charge in [0, 0.05) is 15.7 Å². The molecule has 1 aromatic carbocycles. The lowest BCUT2D eigenvalue weighted by Crippen LogP contribution is -2.02. The van der Waals surface area contributed by atoms with Crippen molar-refractivity contribution in [1.29, 1.82) is 0 Å². The third-order valence-corrected chi connectivity index (χ3v) is 4.84. The second kappa shape index (κ2) is 4.80. The highest BCUT2D eigenvalue weighted by Crippen LogP contribution is 2.33. The van der Waals surface area contributed by atoms with Crippen molar-refractivity contribution < 1.29 is 4.79 Å². The Labute approximate surface area is 117 Å². The molecule has 0 unspecified atom stereocenters. The second-order valence-electron chi connectivity index (χ2n) is 3.64. The van der Waals surface area contributed by atoms with Crippen LogP contribution in [0.4, 0.5) is 5.69 Å². The molecule has 17 heavy (non-hydrogen) atoms. The molecule has 0 spiro atoms. The summed E-state index contributed by atoms with van der Waals surface area (Å²) in [5.74, 6) is -0.0277. The summed E-state index contributed by atoms with van der Waals surface area (Å²) < 4.78 is 1.34. The number of hydrogen-bond donors (Lipinski definition) is 1. The number of aryl methyl sites for hydroxylation is 1. The molecule has 0 amide bonds. The van der Waals surface area contributed by atoms with Gasteiger partial charge in [-0.15, -0.1) is 11.3 Å². The summed E-state index contributed by atoms with van der Waals surface area (Å²) in [5.41, 5.74) is 7.84. The standard InChI is InChI=1S/C12H9BrClNOS/c1-6-4-7(15)2-3-8(6)11(16)10-5-9(13)12(14)17-10/h2-5H,15H2,1H3. The highest BCUT2D eigenvalue weighted by molar-refractivity contribution is 9.10. The van der Waals surface area contributed by atoms with Gasteiger partial charge in [-0.1, -0.05) is 11.6 Å². The normalized spacial score (nSPS) is 10.5. The van der Waals surface area contributed by atoms with E-state index >= 15 is 0 Å². The summed E-state index contributed by atoms with van der Waals surface area (Å²) in [6, 6.07) is 7.00. The first-order chi connectivity index (χ1) is 7.99. The predicted molar refractivity (Wildman–Crippen MR) is 76.1 cm³/mol. The molecule has 0 aliphatic rings. The number of halogens is 2. The van der Waals surface area contributed by atoms with Crippen LogP contribution in [0.25, 0.3) is 0 Å². The fourth-order valence-electron chi connectivity index (χ4n) is 1.53. The van der Waals surface area contributed by atoms with Crippen LogP contribution >= 0.6 is 38.9 Å². The molecule has 0 bridgehead atoms. The van der Waals surface area contributed by atoms with E-state index in [0.29, 0.717) is 20.5 Å². The van der Waals surface area contributed by atoms with E-state index < -0.39 is 0 Å². The average molecular weight is 331 g/mol. The van der Waals surface area contributed by atoms with Crippen molar-refractivity contribution in [2.75, 3.05) is 5.73 Å². The van der Waals surface area contributed by atoms with Crippen LogP contribution in [-0.2, 0) is 0 Å². The largest absolute Gasteiger partial charge is 0.399 e. The molecule has 2 nitrogen and oxygen atoms in total. The highest BCUT2D eigenvalue weighted by atomic mass is 79.9. The van der Waals surface area contributed by atoms with Gasteiger partial charge in [-0.2, -0.15) is 0 Å². The maximum absolute atomic E-state index is 12.2. The Hall–Kier alpha value is -0.840. The molecule has 0 radical (unpaired) electrons. The van der Waals surface area contributed by atoms with Crippen LogP contribution in [0.5, 0.6) is 0 Å².